The summed E-state index contributed by atoms with van der Waals surface area (Å²) in [5.41, 5.74) is 0.970. The summed E-state index contributed by atoms with van der Waals surface area (Å²) in [4.78, 5) is 12.6. The van der Waals surface area contributed by atoms with Crippen LogP contribution in [0.1, 0.15) is 18.3 Å². The predicted molar refractivity (Wildman–Crippen MR) is 60.6 cm³/mol. The number of nitrogens with zero attached hydrogens (tertiary/aromatic N) is 5. The molecule has 0 unspecified atom stereocenters. The molecule has 1 N–H and O–H groups in total. The quantitative estimate of drug-likeness (QED) is 0.835. The lowest BCUT2D eigenvalue weighted by molar-refractivity contribution is 0.816. The molecule has 0 saturated carbocycles. The van der Waals surface area contributed by atoms with E-state index in [1.165, 1.54) is 6.33 Å². The van der Waals surface area contributed by atoms with Crippen molar-refractivity contribution in [2.24, 2.45) is 0 Å². The zero-order valence-electron chi connectivity index (χ0n) is 9.60. The van der Waals surface area contributed by atoms with Crippen LogP contribution in [-0.4, -0.2) is 31.3 Å². The van der Waals surface area contributed by atoms with Crippen molar-refractivity contribution in [3.05, 3.63) is 24.0 Å². The highest BCUT2D eigenvalue weighted by Crippen LogP contribution is 2.17. The van der Waals surface area contributed by atoms with E-state index < -0.39 is 0 Å². The molecule has 0 saturated heterocycles. The standard InChI is InChI=1S/C10H14N6/c1-4-12-9-7(2)10(15-8(3)14-9)16-6-11-5-13-16/h5-6H,4H2,1-3H3,(H,12,14,15). The Kier molecular flexibility index (Phi) is 2.80. The summed E-state index contributed by atoms with van der Waals surface area (Å²) in [5.74, 6) is 2.33. The van der Waals surface area contributed by atoms with Crippen molar-refractivity contribution >= 4 is 5.82 Å². The van der Waals surface area contributed by atoms with Gasteiger partial charge in [0.05, 0.1) is 0 Å². The molecule has 16 heavy (non-hydrogen) atoms. The van der Waals surface area contributed by atoms with Crippen LogP contribution in [0.3, 0.4) is 0 Å². The second-order valence-electron chi connectivity index (χ2n) is 3.44. The van der Waals surface area contributed by atoms with Gasteiger partial charge >= 0.3 is 0 Å². The first-order valence-corrected chi connectivity index (χ1v) is 5.16. The third kappa shape index (κ3) is 1.86. The van der Waals surface area contributed by atoms with Crippen LogP contribution in [0.5, 0.6) is 0 Å². The van der Waals surface area contributed by atoms with Gasteiger partial charge in [-0.25, -0.2) is 19.6 Å². The van der Waals surface area contributed by atoms with Gasteiger partial charge in [0.15, 0.2) is 5.82 Å². The summed E-state index contributed by atoms with van der Waals surface area (Å²) in [5, 5.41) is 7.28. The number of hydrogen-bond donors (Lipinski definition) is 1. The molecule has 6 heteroatoms. The molecule has 2 aromatic heterocycles. The maximum atomic E-state index is 4.37. The lowest BCUT2D eigenvalue weighted by atomic mass is 10.3. The Morgan fingerprint density at radius 1 is 1.31 bits per heavy atom. The molecule has 0 fully saturated rings. The maximum Gasteiger partial charge on any atom is 0.163 e. The first-order chi connectivity index (χ1) is 7.72. The van der Waals surface area contributed by atoms with E-state index in [-0.39, 0.29) is 0 Å². The van der Waals surface area contributed by atoms with Gasteiger partial charge in [0.25, 0.3) is 0 Å². The van der Waals surface area contributed by atoms with Crippen LogP contribution in [-0.2, 0) is 0 Å². The molecule has 0 aliphatic heterocycles. The van der Waals surface area contributed by atoms with E-state index in [4.69, 9.17) is 0 Å². The molecule has 0 aliphatic carbocycles. The van der Waals surface area contributed by atoms with Gasteiger partial charge in [-0.2, -0.15) is 5.10 Å². The van der Waals surface area contributed by atoms with Crippen molar-refractivity contribution in [2.75, 3.05) is 11.9 Å². The fourth-order valence-electron chi connectivity index (χ4n) is 1.49. The van der Waals surface area contributed by atoms with Crippen LogP contribution in [0.4, 0.5) is 5.82 Å². The van der Waals surface area contributed by atoms with Gasteiger partial charge in [0, 0.05) is 12.1 Å². The summed E-state index contributed by atoms with van der Waals surface area (Å²) in [6.45, 7) is 6.69. The van der Waals surface area contributed by atoms with E-state index >= 15 is 0 Å². The molecular formula is C10H14N6. The van der Waals surface area contributed by atoms with Crippen molar-refractivity contribution in [3.8, 4) is 5.82 Å². The molecule has 0 bridgehead atoms. The topological polar surface area (TPSA) is 68.5 Å². The summed E-state index contributed by atoms with van der Waals surface area (Å²) in [6, 6.07) is 0. The van der Waals surface area contributed by atoms with Crippen LogP contribution in [0.15, 0.2) is 12.7 Å². The molecular weight excluding hydrogens is 204 g/mol. The SMILES string of the molecule is CCNc1nc(C)nc(-n2cncn2)c1C. The zero-order valence-corrected chi connectivity index (χ0v) is 9.60. The Bertz CT molecular complexity index is 476. The number of aryl methyl sites for hydroxylation is 1. The van der Waals surface area contributed by atoms with Gasteiger partial charge in [-0.3, -0.25) is 0 Å². The molecule has 84 valence electrons. The molecule has 2 aromatic rings. The van der Waals surface area contributed by atoms with Gasteiger partial charge in [-0.1, -0.05) is 0 Å². The lowest BCUT2D eigenvalue weighted by Gasteiger charge is -2.11. The van der Waals surface area contributed by atoms with E-state index in [2.05, 4.69) is 25.4 Å². The Morgan fingerprint density at radius 2 is 2.12 bits per heavy atom. The van der Waals surface area contributed by atoms with Crippen LogP contribution < -0.4 is 5.32 Å². The molecule has 0 amide bonds. The largest absolute Gasteiger partial charge is 0.370 e. The summed E-state index contributed by atoms with van der Waals surface area (Å²) >= 11 is 0. The molecule has 0 spiro atoms. The van der Waals surface area contributed by atoms with E-state index in [1.54, 1.807) is 11.0 Å². The van der Waals surface area contributed by atoms with E-state index in [0.717, 1.165) is 23.7 Å². The third-order valence-electron chi connectivity index (χ3n) is 2.21. The van der Waals surface area contributed by atoms with Crippen molar-refractivity contribution in [2.45, 2.75) is 20.8 Å². The molecule has 2 heterocycles. The van der Waals surface area contributed by atoms with Gasteiger partial charge in [0.2, 0.25) is 0 Å². The lowest BCUT2D eigenvalue weighted by Crippen LogP contribution is -2.10. The van der Waals surface area contributed by atoms with Gasteiger partial charge in [0.1, 0.15) is 24.3 Å². The van der Waals surface area contributed by atoms with Crippen LogP contribution >= 0.6 is 0 Å². The van der Waals surface area contributed by atoms with Crippen molar-refractivity contribution in [1.29, 1.82) is 0 Å². The highest BCUT2D eigenvalue weighted by atomic mass is 15.3. The van der Waals surface area contributed by atoms with Crippen LogP contribution in [0, 0.1) is 13.8 Å². The minimum Gasteiger partial charge on any atom is -0.370 e. The number of anilines is 1. The average molecular weight is 218 g/mol. The van der Waals surface area contributed by atoms with Gasteiger partial charge in [-0.05, 0) is 20.8 Å². The van der Waals surface area contributed by atoms with Gasteiger partial charge in [-0.15, -0.1) is 0 Å². The van der Waals surface area contributed by atoms with Crippen LogP contribution in [0.25, 0.3) is 5.82 Å². The minimum absolute atomic E-state index is 0.715. The normalized spacial score (nSPS) is 10.4. The van der Waals surface area contributed by atoms with E-state index in [0.29, 0.717) is 5.82 Å². The first kappa shape index (κ1) is 10.5. The maximum absolute atomic E-state index is 4.37. The van der Waals surface area contributed by atoms with E-state index in [1.807, 2.05) is 20.8 Å². The summed E-state index contributed by atoms with van der Waals surface area (Å²) < 4.78 is 1.64. The summed E-state index contributed by atoms with van der Waals surface area (Å²) in [7, 11) is 0. The zero-order chi connectivity index (χ0) is 11.5. The second kappa shape index (κ2) is 4.26. The molecule has 0 atom stereocenters. The average Bonchev–Trinajstić information content (AvgIpc) is 2.76. The minimum atomic E-state index is 0.715. The molecule has 2 rings (SSSR count). The number of hydrogen-bond acceptors (Lipinski definition) is 5. The number of rotatable bonds is 3. The smallest absolute Gasteiger partial charge is 0.163 e. The predicted octanol–water partition coefficient (Wildman–Crippen LogP) is 1.11. The fourth-order valence-corrected chi connectivity index (χ4v) is 1.49. The Morgan fingerprint density at radius 3 is 2.75 bits per heavy atom. The van der Waals surface area contributed by atoms with E-state index in [9.17, 15) is 0 Å². The Balaban J connectivity index is 2.53. The second-order valence-corrected chi connectivity index (χ2v) is 3.44. The Hall–Kier alpha value is -1.98. The third-order valence-corrected chi connectivity index (χ3v) is 2.21. The van der Waals surface area contributed by atoms with Crippen molar-refractivity contribution in [1.82, 2.24) is 24.7 Å². The molecule has 6 nitrogen and oxygen atoms in total. The monoisotopic (exact) mass is 218 g/mol. The highest BCUT2D eigenvalue weighted by Gasteiger charge is 2.10. The Labute approximate surface area is 93.8 Å². The number of nitrogens with one attached hydrogen (secondary N) is 1. The van der Waals surface area contributed by atoms with Gasteiger partial charge < -0.3 is 5.32 Å². The highest BCUT2D eigenvalue weighted by molar-refractivity contribution is 5.51. The summed E-state index contributed by atoms with van der Waals surface area (Å²) in [6.07, 6.45) is 3.12. The van der Waals surface area contributed by atoms with Crippen molar-refractivity contribution in [3.63, 3.8) is 0 Å². The van der Waals surface area contributed by atoms with Crippen molar-refractivity contribution < 1.29 is 0 Å². The number of aromatic nitrogens is 5. The molecule has 0 aromatic carbocycles. The first-order valence-electron chi connectivity index (χ1n) is 5.16. The fraction of sp³-hybridized carbons (Fsp3) is 0.400. The molecule has 0 aliphatic rings. The van der Waals surface area contributed by atoms with Crippen LogP contribution in [0.2, 0.25) is 0 Å². The molecule has 0 radical (unpaired) electrons.